The molecule has 0 aliphatic heterocycles. The molecular weight excluding hydrogens is 319 g/mol. The van der Waals surface area contributed by atoms with Gasteiger partial charge in [0, 0.05) is 5.02 Å². The number of nitriles is 1. The second kappa shape index (κ2) is 6.15. The third-order valence-corrected chi connectivity index (χ3v) is 3.38. The standard InChI is InChI=1S/C14H7Cl3N2O/c15-9-2-3-10(11(16)6-9)14(20)19-13-4-1-8(7-18)5-12(13)17/h1-6H,(H,19,20). The fraction of sp³-hybridized carbons (Fsp3) is 0. The van der Waals surface area contributed by atoms with Gasteiger partial charge in [0.25, 0.3) is 5.91 Å². The molecule has 0 spiro atoms. The molecule has 20 heavy (non-hydrogen) atoms. The summed E-state index contributed by atoms with van der Waals surface area (Å²) in [4.78, 5) is 12.1. The Morgan fingerprint density at radius 2 is 1.80 bits per heavy atom. The van der Waals surface area contributed by atoms with Crippen LogP contribution in [-0.2, 0) is 0 Å². The highest BCUT2D eigenvalue weighted by molar-refractivity contribution is 6.37. The molecule has 0 bridgehead atoms. The van der Waals surface area contributed by atoms with Crippen LogP contribution >= 0.6 is 34.8 Å². The summed E-state index contributed by atoms with van der Waals surface area (Å²) in [6, 6.07) is 11.1. The average Bonchev–Trinajstić information content (AvgIpc) is 2.40. The monoisotopic (exact) mass is 324 g/mol. The van der Waals surface area contributed by atoms with Gasteiger partial charge in [-0.05, 0) is 36.4 Å². The molecule has 1 N–H and O–H groups in total. The van der Waals surface area contributed by atoms with E-state index >= 15 is 0 Å². The van der Waals surface area contributed by atoms with Crippen LogP contribution in [0.3, 0.4) is 0 Å². The Morgan fingerprint density at radius 1 is 1.05 bits per heavy atom. The van der Waals surface area contributed by atoms with Crippen molar-refractivity contribution in [2.45, 2.75) is 0 Å². The summed E-state index contributed by atoms with van der Waals surface area (Å²) in [5.41, 5.74) is 1.11. The lowest BCUT2D eigenvalue weighted by atomic mass is 10.2. The van der Waals surface area contributed by atoms with E-state index in [0.717, 1.165) is 0 Å². The Labute approximate surface area is 130 Å². The molecule has 0 saturated carbocycles. The first kappa shape index (κ1) is 14.7. The van der Waals surface area contributed by atoms with Gasteiger partial charge >= 0.3 is 0 Å². The second-order valence-electron chi connectivity index (χ2n) is 3.88. The van der Waals surface area contributed by atoms with Crippen molar-refractivity contribution in [1.29, 1.82) is 5.26 Å². The first-order chi connectivity index (χ1) is 9.51. The van der Waals surface area contributed by atoms with Crippen molar-refractivity contribution in [1.82, 2.24) is 0 Å². The van der Waals surface area contributed by atoms with E-state index < -0.39 is 5.91 Å². The van der Waals surface area contributed by atoms with Gasteiger partial charge in [-0.3, -0.25) is 4.79 Å². The zero-order chi connectivity index (χ0) is 14.7. The molecule has 2 rings (SSSR count). The van der Waals surface area contributed by atoms with Crippen LogP contribution in [0.5, 0.6) is 0 Å². The van der Waals surface area contributed by atoms with E-state index in [2.05, 4.69) is 5.32 Å². The molecule has 0 aliphatic rings. The lowest BCUT2D eigenvalue weighted by Gasteiger charge is -2.08. The summed E-state index contributed by atoms with van der Waals surface area (Å²) in [5, 5.41) is 12.4. The quantitative estimate of drug-likeness (QED) is 0.864. The highest BCUT2D eigenvalue weighted by Crippen LogP contribution is 2.26. The molecular formula is C14H7Cl3N2O. The molecule has 2 aromatic rings. The molecule has 100 valence electrons. The van der Waals surface area contributed by atoms with E-state index in [1.807, 2.05) is 6.07 Å². The van der Waals surface area contributed by atoms with Gasteiger partial charge in [-0.25, -0.2) is 0 Å². The molecule has 0 aromatic heterocycles. The van der Waals surface area contributed by atoms with Crippen molar-refractivity contribution in [2.24, 2.45) is 0 Å². The highest BCUT2D eigenvalue weighted by Gasteiger charge is 2.12. The summed E-state index contributed by atoms with van der Waals surface area (Å²) in [7, 11) is 0. The van der Waals surface area contributed by atoms with Crippen LogP contribution in [0.25, 0.3) is 0 Å². The maximum absolute atomic E-state index is 12.1. The number of carbonyl (C=O) groups excluding carboxylic acids is 1. The van der Waals surface area contributed by atoms with Gasteiger partial charge < -0.3 is 5.32 Å². The molecule has 1 amide bonds. The summed E-state index contributed by atoms with van der Waals surface area (Å²) in [6.45, 7) is 0. The Kier molecular flexibility index (Phi) is 4.51. The molecule has 2 aromatic carbocycles. The van der Waals surface area contributed by atoms with Gasteiger partial charge in [0.15, 0.2) is 0 Å². The van der Waals surface area contributed by atoms with Crippen LogP contribution in [0.2, 0.25) is 15.1 Å². The van der Waals surface area contributed by atoms with Crippen molar-refractivity contribution < 1.29 is 4.79 Å². The second-order valence-corrected chi connectivity index (χ2v) is 5.14. The van der Waals surface area contributed by atoms with E-state index in [1.165, 1.54) is 18.2 Å². The molecule has 0 saturated heterocycles. The van der Waals surface area contributed by atoms with E-state index in [4.69, 9.17) is 40.1 Å². The highest BCUT2D eigenvalue weighted by atomic mass is 35.5. The van der Waals surface area contributed by atoms with Gasteiger partial charge in [0.2, 0.25) is 0 Å². The number of nitrogens with one attached hydrogen (secondary N) is 1. The van der Waals surface area contributed by atoms with Gasteiger partial charge in [-0.15, -0.1) is 0 Å². The summed E-state index contributed by atoms with van der Waals surface area (Å²) in [6.07, 6.45) is 0. The van der Waals surface area contributed by atoms with E-state index in [0.29, 0.717) is 16.3 Å². The van der Waals surface area contributed by atoms with Crippen molar-refractivity contribution in [3.05, 3.63) is 62.6 Å². The summed E-state index contributed by atoms with van der Waals surface area (Å²) < 4.78 is 0. The number of halogens is 3. The van der Waals surface area contributed by atoms with E-state index in [9.17, 15) is 4.79 Å². The molecule has 0 radical (unpaired) electrons. The average molecular weight is 326 g/mol. The number of anilines is 1. The first-order valence-electron chi connectivity index (χ1n) is 5.47. The van der Waals surface area contributed by atoms with E-state index in [-0.39, 0.29) is 15.6 Å². The lowest BCUT2D eigenvalue weighted by molar-refractivity contribution is 0.102. The van der Waals surface area contributed by atoms with E-state index in [1.54, 1.807) is 18.2 Å². The number of rotatable bonds is 2. The molecule has 6 heteroatoms. The molecule has 0 fully saturated rings. The minimum atomic E-state index is -0.404. The van der Waals surface area contributed by atoms with Crippen LogP contribution in [0, 0.1) is 11.3 Å². The van der Waals surface area contributed by atoms with Gasteiger partial charge in [0.05, 0.1) is 32.9 Å². The fourth-order valence-corrected chi connectivity index (χ4v) is 2.27. The maximum atomic E-state index is 12.1. The molecule has 3 nitrogen and oxygen atoms in total. The number of nitrogens with zero attached hydrogens (tertiary/aromatic N) is 1. The Morgan fingerprint density at radius 3 is 2.40 bits per heavy atom. The summed E-state index contributed by atoms with van der Waals surface area (Å²) in [5.74, 6) is -0.404. The number of hydrogen-bond donors (Lipinski definition) is 1. The molecule has 0 atom stereocenters. The third-order valence-electron chi connectivity index (χ3n) is 2.52. The van der Waals surface area contributed by atoms with Gasteiger partial charge in [-0.2, -0.15) is 5.26 Å². The van der Waals surface area contributed by atoms with Crippen LogP contribution in [0.4, 0.5) is 5.69 Å². The SMILES string of the molecule is N#Cc1ccc(NC(=O)c2ccc(Cl)cc2Cl)c(Cl)c1. The molecule has 0 aliphatic carbocycles. The predicted octanol–water partition coefficient (Wildman–Crippen LogP) is 4.77. The zero-order valence-corrected chi connectivity index (χ0v) is 12.2. The number of carbonyl (C=O) groups is 1. The Hall–Kier alpha value is -1.73. The van der Waals surface area contributed by atoms with Crippen molar-refractivity contribution in [3.8, 4) is 6.07 Å². The van der Waals surface area contributed by atoms with Crippen molar-refractivity contribution in [2.75, 3.05) is 5.32 Å². The van der Waals surface area contributed by atoms with Gasteiger partial charge in [0.1, 0.15) is 0 Å². The van der Waals surface area contributed by atoms with Crippen LogP contribution in [0.1, 0.15) is 15.9 Å². The van der Waals surface area contributed by atoms with Crippen molar-refractivity contribution in [3.63, 3.8) is 0 Å². The number of amides is 1. The topological polar surface area (TPSA) is 52.9 Å². The Bertz CT molecular complexity index is 723. The van der Waals surface area contributed by atoms with Crippen LogP contribution < -0.4 is 5.32 Å². The van der Waals surface area contributed by atoms with Gasteiger partial charge in [-0.1, -0.05) is 34.8 Å². The number of benzene rings is 2. The fourth-order valence-electron chi connectivity index (χ4n) is 1.55. The largest absolute Gasteiger partial charge is 0.321 e. The van der Waals surface area contributed by atoms with Crippen LogP contribution in [-0.4, -0.2) is 5.91 Å². The number of hydrogen-bond acceptors (Lipinski definition) is 2. The predicted molar refractivity (Wildman–Crippen MR) is 80.6 cm³/mol. The van der Waals surface area contributed by atoms with Crippen molar-refractivity contribution >= 4 is 46.4 Å². The minimum absolute atomic E-state index is 0.250. The molecule has 0 heterocycles. The third kappa shape index (κ3) is 3.23. The molecule has 0 unspecified atom stereocenters. The smallest absolute Gasteiger partial charge is 0.257 e. The minimum Gasteiger partial charge on any atom is -0.321 e. The Balaban J connectivity index is 2.26. The normalized spacial score (nSPS) is 9.90. The maximum Gasteiger partial charge on any atom is 0.257 e. The lowest BCUT2D eigenvalue weighted by Crippen LogP contribution is -2.12. The zero-order valence-electron chi connectivity index (χ0n) is 9.95. The van der Waals surface area contributed by atoms with Crippen LogP contribution in [0.15, 0.2) is 36.4 Å². The first-order valence-corrected chi connectivity index (χ1v) is 6.60. The summed E-state index contributed by atoms with van der Waals surface area (Å²) >= 11 is 17.7.